The van der Waals surface area contributed by atoms with E-state index in [4.69, 9.17) is 0 Å². The Morgan fingerprint density at radius 1 is 1.14 bits per heavy atom. The van der Waals surface area contributed by atoms with Crippen LogP contribution in [0.1, 0.15) is 29.3 Å². The third-order valence-corrected chi connectivity index (χ3v) is 5.56. The molecule has 29 heavy (non-hydrogen) atoms. The van der Waals surface area contributed by atoms with Crippen LogP contribution in [0.25, 0.3) is 22.0 Å². The number of nitrogens with one attached hydrogen (secondary N) is 2. The maximum absolute atomic E-state index is 13.1. The van der Waals surface area contributed by atoms with E-state index < -0.39 is 6.04 Å². The molecule has 1 saturated heterocycles. The van der Waals surface area contributed by atoms with Gasteiger partial charge in [0.15, 0.2) is 0 Å². The molecule has 0 radical (unpaired) electrons. The normalized spacial score (nSPS) is 16.7. The van der Waals surface area contributed by atoms with Gasteiger partial charge in [-0.1, -0.05) is 37.3 Å². The van der Waals surface area contributed by atoms with Crippen molar-refractivity contribution in [2.45, 2.75) is 26.3 Å². The number of amides is 2. The van der Waals surface area contributed by atoms with Crippen molar-refractivity contribution in [3.05, 3.63) is 70.0 Å². The number of piperazine rings is 1. The number of rotatable bonds is 3. The number of H-pyrrole nitrogens is 1. The van der Waals surface area contributed by atoms with Crippen LogP contribution in [-0.2, 0) is 4.79 Å². The van der Waals surface area contributed by atoms with E-state index in [0.717, 1.165) is 16.5 Å². The minimum Gasteiger partial charge on any atom is -0.353 e. The fourth-order valence-corrected chi connectivity index (χ4v) is 4.09. The van der Waals surface area contributed by atoms with E-state index in [1.54, 1.807) is 23.1 Å². The molecule has 0 spiro atoms. The Balaban J connectivity index is 1.77. The first kappa shape index (κ1) is 18.9. The van der Waals surface area contributed by atoms with Crippen molar-refractivity contribution in [2.24, 2.45) is 0 Å². The molecule has 0 saturated carbocycles. The lowest BCUT2D eigenvalue weighted by Gasteiger charge is -2.34. The number of fused-ring (bicyclic) bond motifs is 1. The summed E-state index contributed by atoms with van der Waals surface area (Å²) in [6.45, 7) is 4.74. The SMILES string of the molecule is CCC1C(=O)NCCN1C(=O)c1cccc(-c2c(C)c3ccccc3[nH]c2=O)c1. The molecule has 0 bridgehead atoms. The Bertz CT molecular complexity index is 1170. The fourth-order valence-electron chi connectivity index (χ4n) is 4.09. The van der Waals surface area contributed by atoms with E-state index in [2.05, 4.69) is 10.3 Å². The average Bonchev–Trinajstić information content (AvgIpc) is 2.73. The summed E-state index contributed by atoms with van der Waals surface area (Å²) in [5, 5.41) is 3.78. The third-order valence-electron chi connectivity index (χ3n) is 5.56. The molecule has 148 valence electrons. The molecular weight excluding hydrogens is 366 g/mol. The first-order valence-electron chi connectivity index (χ1n) is 9.82. The first-order valence-corrected chi connectivity index (χ1v) is 9.82. The van der Waals surface area contributed by atoms with Crippen LogP contribution >= 0.6 is 0 Å². The summed E-state index contributed by atoms with van der Waals surface area (Å²) in [6.07, 6.45) is 0.556. The number of nitrogens with zero attached hydrogens (tertiary/aromatic N) is 1. The molecule has 2 N–H and O–H groups in total. The average molecular weight is 389 g/mol. The lowest BCUT2D eigenvalue weighted by molar-refractivity contribution is -0.127. The van der Waals surface area contributed by atoms with E-state index in [9.17, 15) is 14.4 Å². The Labute approximate surface area is 168 Å². The van der Waals surface area contributed by atoms with Crippen molar-refractivity contribution in [3.63, 3.8) is 0 Å². The highest BCUT2D eigenvalue weighted by Crippen LogP contribution is 2.26. The molecule has 4 rings (SSSR count). The largest absolute Gasteiger partial charge is 0.353 e. The standard InChI is InChI=1S/C23H23N3O3/c1-3-19-21(27)24-11-12-26(19)23(29)16-8-6-7-15(13-16)20-14(2)17-9-4-5-10-18(17)25-22(20)28/h4-10,13,19H,3,11-12H2,1-2H3,(H,24,27)(H,25,28). The van der Waals surface area contributed by atoms with Crippen LogP contribution in [0.2, 0.25) is 0 Å². The molecule has 1 aromatic heterocycles. The molecule has 6 nitrogen and oxygen atoms in total. The lowest BCUT2D eigenvalue weighted by atomic mass is 9.96. The molecule has 2 heterocycles. The van der Waals surface area contributed by atoms with E-state index in [0.29, 0.717) is 36.2 Å². The number of benzene rings is 2. The van der Waals surface area contributed by atoms with Crippen molar-refractivity contribution in [2.75, 3.05) is 13.1 Å². The van der Waals surface area contributed by atoms with Crippen LogP contribution in [0.15, 0.2) is 53.3 Å². The second kappa shape index (κ2) is 7.54. The van der Waals surface area contributed by atoms with Gasteiger partial charge in [0.05, 0.1) is 5.56 Å². The van der Waals surface area contributed by atoms with Gasteiger partial charge in [0.25, 0.3) is 11.5 Å². The van der Waals surface area contributed by atoms with Crippen LogP contribution in [0.5, 0.6) is 0 Å². The number of aryl methyl sites for hydroxylation is 1. The van der Waals surface area contributed by atoms with Crippen molar-refractivity contribution in [3.8, 4) is 11.1 Å². The molecule has 6 heteroatoms. The van der Waals surface area contributed by atoms with Crippen LogP contribution < -0.4 is 10.9 Å². The van der Waals surface area contributed by atoms with Crippen molar-refractivity contribution in [1.29, 1.82) is 0 Å². The smallest absolute Gasteiger partial charge is 0.256 e. The minimum atomic E-state index is -0.467. The molecule has 1 unspecified atom stereocenters. The van der Waals surface area contributed by atoms with Crippen LogP contribution in [-0.4, -0.2) is 40.8 Å². The quantitative estimate of drug-likeness (QED) is 0.723. The van der Waals surface area contributed by atoms with E-state index in [1.165, 1.54) is 0 Å². The summed E-state index contributed by atoms with van der Waals surface area (Å²) in [7, 11) is 0. The molecule has 1 aliphatic heterocycles. The van der Waals surface area contributed by atoms with Gasteiger partial charge in [0.1, 0.15) is 6.04 Å². The fraction of sp³-hybridized carbons (Fsp3) is 0.261. The number of pyridine rings is 1. The van der Waals surface area contributed by atoms with Gasteiger partial charge in [0, 0.05) is 29.6 Å². The number of para-hydroxylation sites is 1. The van der Waals surface area contributed by atoms with Crippen molar-refractivity contribution >= 4 is 22.7 Å². The second-order valence-corrected chi connectivity index (χ2v) is 7.29. The first-order chi connectivity index (χ1) is 14.0. The Hall–Kier alpha value is -3.41. The molecular formula is C23H23N3O3. The lowest BCUT2D eigenvalue weighted by Crippen LogP contribution is -2.56. The zero-order chi connectivity index (χ0) is 20.5. The highest BCUT2D eigenvalue weighted by atomic mass is 16.2. The summed E-state index contributed by atoms with van der Waals surface area (Å²) in [5.41, 5.74) is 3.20. The zero-order valence-corrected chi connectivity index (χ0v) is 16.5. The van der Waals surface area contributed by atoms with Gasteiger partial charge < -0.3 is 15.2 Å². The van der Waals surface area contributed by atoms with Crippen LogP contribution in [0.4, 0.5) is 0 Å². The second-order valence-electron chi connectivity index (χ2n) is 7.29. The van der Waals surface area contributed by atoms with Gasteiger partial charge in [0.2, 0.25) is 5.91 Å². The maximum Gasteiger partial charge on any atom is 0.256 e. The number of hydrogen-bond donors (Lipinski definition) is 2. The molecule has 0 aliphatic carbocycles. The van der Waals surface area contributed by atoms with Crippen molar-refractivity contribution < 1.29 is 9.59 Å². The van der Waals surface area contributed by atoms with Crippen LogP contribution in [0.3, 0.4) is 0 Å². The molecule has 3 aromatic rings. The number of hydrogen-bond acceptors (Lipinski definition) is 3. The van der Waals surface area contributed by atoms with Gasteiger partial charge in [-0.25, -0.2) is 0 Å². The molecule has 1 atom stereocenters. The van der Waals surface area contributed by atoms with E-state index >= 15 is 0 Å². The molecule has 2 aromatic carbocycles. The van der Waals surface area contributed by atoms with Gasteiger partial charge in [-0.3, -0.25) is 14.4 Å². The monoisotopic (exact) mass is 389 g/mol. The van der Waals surface area contributed by atoms with Gasteiger partial charge in [-0.15, -0.1) is 0 Å². The van der Waals surface area contributed by atoms with Crippen molar-refractivity contribution in [1.82, 2.24) is 15.2 Å². The molecule has 2 amide bonds. The van der Waals surface area contributed by atoms with Gasteiger partial charge in [-0.2, -0.15) is 0 Å². The van der Waals surface area contributed by atoms with Gasteiger partial charge >= 0.3 is 0 Å². The highest BCUT2D eigenvalue weighted by molar-refractivity contribution is 5.99. The summed E-state index contributed by atoms with van der Waals surface area (Å²) >= 11 is 0. The Morgan fingerprint density at radius 3 is 2.72 bits per heavy atom. The third kappa shape index (κ3) is 3.31. The summed E-state index contributed by atoms with van der Waals surface area (Å²) in [5.74, 6) is -0.312. The summed E-state index contributed by atoms with van der Waals surface area (Å²) in [4.78, 5) is 42.6. The Kier molecular flexibility index (Phi) is 4.92. The van der Waals surface area contributed by atoms with Gasteiger partial charge in [-0.05, 0) is 42.7 Å². The highest BCUT2D eigenvalue weighted by Gasteiger charge is 2.32. The van der Waals surface area contributed by atoms with E-state index in [-0.39, 0.29) is 17.4 Å². The maximum atomic E-state index is 13.1. The molecule has 1 fully saturated rings. The number of carbonyl (C=O) groups is 2. The minimum absolute atomic E-state index is 0.120. The topological polar surface area (TPSA) is 82.3 Å². The van der Waals surface area contributed by atoms with E-state index in [1.807, 2.05) is 44.2 Å². The number of aromatic amines is 1. The Morgan fingerprint density at radius 2 is 1.93 bits per heavy atom. The van der Waals surface area contributed by atoms with Crippen LogP contribution in [0, 0.1) is 6.92 Å². The predicted molar refractivity (Wildman–Crippen MR) is 113 cm³/mol. The summed E-state index contributed by atoms with van der Waals surface area (Å²) in [6, 6.07) is 14.3. The zero-order valence-electron chi connectivity index (χ0n) is 16.5. The molecule has 1 aliphatic rings. The number of aromatic nitrogens is 1. The predicted octanol–water partition coefficient (Wildman–Crippen LogP) is 2.85. The summed E-state index contributed by atoms with van der Waals surface area (Å²) < 4.78 is 0. The number of carbonyl (C=O) groups excluding carboxylic acids is 2.